The molecule has 2 rings (SSSR count). The van der Waals surface area contributed by atoms with E-state index in [0.29, 0.717) is 22.4 Å². The minimum Gasteiger partial charge on any atom is -0.324 e. The van der Waals surface area contributed by atoms with E-state index in [1.807, 2.05) is 6.07 Å². The zero-order chi connectivity index (χ0) is 17.9. The van der Waals surface area contributed by atoms with Crippen molar-refractivity contribution in [3.63, 3.8) is 0 Å². The summed E-state index contributed by atoms with van der Waals surface area (Å²) < 4.78 is 38.8. The van der Waals surface area contributed by atoms with Gasteiger partial charge in [-0.15, -0.1) is 0 Å². The number of halogens is 4. The molecule has 24 heavy (non-hydrogen) atoms. The fraction of sp³-hybridized carbons (Fsp3) is 0.133. The van der Waals surface area contributed by atoms with Crippen LogP contribution in [0, 0.1) is 11.3 Å². The molecule has 1 amide bonds. The van der Waals surface area contributed by atoms with Crippen molar-refractivity contribution in [3.8, 4) is 6.07 Å². The molecule has 1 N–H and O–H groups in total. The largest absolute Gasteiger partial charge is 0.417 e. The van der Waals surface area contributed by atoms with Gasteiger partial charge in [0.25, 0.3) is 5.56 Å². The van der Waals surface area contributed by atoms with Crippen LogP contribution in [0.15, 0.2) is 41.3 Å². The third kappa shape index (κ3) is 4.14. The van der Waals surface area contributed by atoms with Crippen LogP contribution >= 0.6 is 11.6 Å². The summed E-state index contributed by atoms with van der Waals surface area (Å²) in [5.41, 5.74) is -1.46. The van der Waals surface area contributed by atoms with Gasteiger partial charge in [-0.2, -0.15) is 18.4 Å². The van der Waals surface area contributed by atoms with Gasteiger partial charge >= 0.3 is 6.18 Å². The molecule has 5 nitrogen and oxygen atoms in total. The molecule has 2 aromatic rings. The molecule has 0 aliphatic carbocycles. The summed E-state index contributed by atoms with van der Waals surface area (Å²) in [5.74, 6) is -0.734. The van der Waals surface area contributed by atoms with Crippen LogP contribution in [0.1, 0.15) is 11.1 Å². The van der Waals surface area contributed by atoms with Crippen LogP contribution in [-0.2, 0) is 17.5 Å². The number of nitriles is 1. The number of amides is 1. The summed E-state index contributed by atoms with van der Waals surface area (Å²) in [7, 11) is 0. The summed E-state index contributed by atoms with van der Waals surface area (Å²) >= 11 is 5.51. The molecular formula is C15H9ClF3N3O2. The van der Waals surface area contributed by atoms with E-state index in [4.69, 9.17) is 16.9 Å². The lowest BCUT2D eigenvalue weighted by molar-refractivity contribution is -0.138. The molecular weight excluding hydrogens is 347 g/mol. The van der Waals surface area contributed by atoms with Gasteiger partial charge in [0.05, 0.1) is 17.2 Å². The maximum atomic E-state index is 12.7. The molecule has 0 atom stereocenters. The van der Waals surface area contributed by atoms with Crippen LogP contribution in [0.5, 0.6) is 0 Å². The zero-order valence-corrected chi connectivity index (χ0v) is 12.6. The van der Waals surface area contributed by atoms with Crippen molar-refractivity contribution >= 4 is 23.2 Å². The van der Waals surface area contributed by atoms with Crippen LogP contribution in [0.25, 0.3) is 0 Å². The monoisotopic (exact) mass is 355 g/mol. The number of alkyl halides is 3. The van der Waals surface area contributed by atoms with Gasteiger partial charge in [0.2, 0.25) is 5.91 Å². The maximum absolute atomic E-state index is 12.7. The zero-order valence-electron chi connectivity index (χ0n) is 11.9. The number of benzene rings is 1. The Morgan fingerprint density at radius 1 is 1.33 bits per heavy atom. The molecule has 1 aromatic carbocycles. The lowest BCUT2D eigenvalue weighted by atomic mass is 10.2. The molecule has 9 heteroatoms. The van der Waals surface area contributed by atoms with Crippen molar-refractivity contribution in [1.29, 1.82) is 5.26 Å². The van der Waals surface area contributed by atoms with Crippen LogP contribution in [0.4, 0.5) is 18.9 Å². The van der Waals surface area contributed by atoms with Gasteiger partial charge in [-0.25, -0.2) is 0 Å². The highest BCUT2D eigenvalue weighted by Gasteiger charge is 2.32. The van der Waals surface area contributed by atoms with Crippen LogP contribution in [0.3, 0.4) is 0 Å². The SMILES string of the molecule is N#Cc1cccc(NC(=O)Cn2cc(C(F)(F)F)cc(Cl)c2=O)c1. The van der Waals surface area contributed by atoms with Gasteiger partial charge in [-0.1, -0.05) is 17.7 Å². The summed E-state index contributed by atoms with van der Waals surface area (Å²) in [4.78, 5) is 23.7. The Hall–Kier alpha value is -2.79. The molecule has 0 fully saturated rings. The predicted molar refractivity (Wildman–Crippen MR) is 80.5 cm³/mol. The summed E-state index contributed by atoms with van der Waals surface area (Å²) in [6.07, 6.45) is -4.17. The molecule has 124 valence electrons. The first-order valence-electron chi connectivity index (χ1n) is 6.48. The van der Waals surface area contributed by atoms with Crippen molar-refractivity contribution in [2.24, 2.45) is 0 Å². The first-order chi connectivity index (χ1) is 11.2. The lowest BCUT2D eigenvalue weighted by Crippen LogP contribution is -2.29. The van der Waals surface area contributed by atoms with Crippen molar-refractivity contribution < 1.29 is 18.0 Å². The number of nitrogens with zero attached hydrogens (tertiary/aromatic N) is 2. The number of aromatic nitrogens is 1. The molecule has 0 unspecified atom stereocenters. The van der Waals surface area contributed by atoms with Gasteiger partial charge in [0.1, 0.15) is 11.6 Å². The molecule has 1 aromatic heterocycles. The summed E-state index contributed by atoms with van der Waals surface area (Å²) in [6, 6.07) is 8.33. The van der Waals surface area contributed by atoms with Crippen LogP contribution < -0.4 is 10.9 Å². The summed E-state index contributed by atoms with van der Waals surface area (Å²) in [6.45, 7) is -0.654. The summed E-state index contributed by atoms with van der Waals surface area (Å²) in [5, 5.41) is 10.5. The third-order valence-corrected chi connectivity index (χ3v) is 3.23. The number of anilines is 1. The molecule has 0 radical (unpaired) electrons. The standard InChI is InChI=1S/C15H9ClF3N3O2/c16-12-5-10(15(17,18)19)7-22(14(12)24)8-13(23)21-11-3-1-2-9(4-11)6-20/h1-5,7H,8H2,(H,21,23). The van der Waals surface area contributed by atoms with Crippen molar-refractivity contribution in [2.45, 2.75) is 12.7 Å². The topological polar surface area (TPSA) is 74.9 Å². The highest BCUT2D eigenvalue weighted by molar-refractivity contribution is 6.30. The number of hydrogen-bond acceptors (Lipinski definition) is 3. The van der Waals surface area contributed by atoms with E-state index in [-0.39, 0.29) is 5.69 Å². The molecule has 0 spiro atoms. The molecule has 0 bridgehead atoms. The number of nitrogens with one attached hydrogen (secondary N) is 1. The molecule has 0 saturated carbocycles. The fourth-order valence-corrected chi connectivity index (χ4v) is 2.12. The molecule has 0 aliphatic heterocycles. The van der Waals surface area contributed by atoms with E-state index >= 15 is 0 Å². The Balaban J connectivity index is 2.24. The highest BCUT2D eigenvalue weighted by Crippen LogP contribution is 2.29. The average molecular weight is 356 g/mol. The first-order valence-corrected chi connectivity index (χ1v) is 6.85. The smallest absolute Gasteiger partial charge is 0.324 e. The molecule has 0 saturated heterocycles. The number of rotatable bonds is 3. The normalized spacial score (nSPS) is 11.0. The minimum absolute atomic E-state index is 0.283. The van der Waals surface area contributed by atoms with E-state index in [2.05, 4.69) is 5.32 Å². The number of carbonyl (C=O) groups excluding carboxylic acids is 1. The Kier molecular flexibility index (Phi) is 4.95. The Morgan fingerprint density at radius 3 is 2.67 bits per heavy atom. The van der Waals surface area contributed by atoms with E-state index in [1.54, 1.807) is 0 Å². The van der Waals surface area contributed by atoms with E-state index in [1.165, 1.54) is 24.3 Å². The minimum atomic E-state index is -4.70. The van der Waals surface area contributed by atoms with Crippen molar-refractivity contribution in [1.82, 2.24) is 4.57 Å². The van der Waals surface area contributed by atoms with Crippen LogP contribution in [0.2, 0.25) is 5.02 Å². The van der Waals surface area contributed by atoms with Gasteiger partial charge in [-0.3, -0.25) is 9.59 Å². The van der Waals surface area contributed by atoms with Gasteiger partial charge in [0.15, 0.2) is 0 Å². The second-order valence-corrected chi connectivity index (χ2v) is 5.16. The molecule has 0 aliphatic rings. The maximum Gasteiger partial charge on any atom is 0.417 e. The van der Waals surface area contributed by atoms with Gasteiger partial charge in [0, 0.05) is 11.9 Å². The number of pyridine rings is 1. The second-order valence-electron chi connectivity index (χ2n) is 4.75. The van der Waals surface area contributed by atoms with Gasteiger partial charge < -0.3 is 9.88 Å². The Labute approximate surface area is 138 Å². The Bertz CT molecular complexity index is 885. The number of carbonyl (C=O) groups is 1. The fourth-order valence-electron chi connectivity index (χ4n) is 1.89. The van der Waals surface area contributed by atoms with Crippen molar-refractivity contribution in [3.05, 3.63) is 63.0 Å². The van der Waals surface area contributed by atoms with Crippen LogP contribution in [-0.4, -0.2) is 10.5 Å². The van der Waals surface area contributed by atoms with Crippen molar-refractivity contribution in [2.75, 3.05) is 5.32 Å². The lowest BCUT2D eigenvalue weighted by Gasteiger charge is -2.12. The predicted octanol–water partition coefficient (Wildman–Crippen LogP) is 3.03. The average Bonchev–Trinajstić information content (AvgIpc) is 2.50. The van der Waals surface area contributed by atoms with E-state index < -0.39 is 34.8 Å². The number of hydrogen-bond donors (Lipinski definition) is 1. The Morgan fingerprint density at radius 2 is 2.04 bits per heavy atom. The second kappa shape index (κ2) is 6.76. The van der Waals surface area contributed by atoms with E-state index in [9.17, 15) is 22.8 Å². The quantitative estimate of drug-likeness (QED) is 0.919. The first kappa shape index (κ1) is 17.6. The molecule has 1 heterocycles. The third-order valence-electron chi connectivity index (χ3n) is 2.96. The van der Waals surface area contributed by atoms with Gasteiger partial charge in [-0.05, 0) is 24.3 Å². The highest BCUT2D eigenvalue weighted by atomic mass is 35.5. The van der Waals surface area contributed by atoms with E-state index in [0.717, 1.165) is 0 Å².